The highest BCUT2D eigenvalue weighted by Crippen LogP contribution is 2.22. The SMILES string of the molecule is Cc1ccc2nc(CCl)n(CC3CCO3)c2c1. The molecular weight excluding hydrogens is 236 g/mol. The van der Waals surface area contributed by atoms with Gasteiger partial charge in [0.15, 0.2) is 0 Å². The number of imidazole rings is 1. The Morgan fingerprint density at radius 1 is 1.53 bits per heavy atom. The lowest BCUT2D eigenvalue weighted by atomic mass is 10.2. The first-order valence-corrected chi connectivity index (χ1v) is 6.44. The lowest BCUT2D eigenvalue weighted by Gasteiger charge is -2.27. The van der Waals surface area contributed by atoms with Crippen LogP contribution in [0.1, 0.15) is 17.8 Å². The fraction of sp³-hybridized carbons (Fsp3) is 0.462. The first-order chi connectivity index (χ1) is 8.28. The number of nitrogens with zero attached hydrogens (tertiary/aromatic N) is 2. The van der Waals surface area contributed by atoms with Crippen LogP contribution in [-0.4, -0.2) is 22.3 Å². The highest BCUT2D eigenvalue weighted by atomic mass is 35.5. The molecule has 1 aliphatic heterocycles. The summed E-state index contributed by atoms with van der Waals surface area (Å²) in [6, 6.07) is 6.30. The largest absolute Gasteiger partial charge is 0.376 e. The molecule has 1 fully saturated rings. The minimum atomic E-state index is 0.329. The summed E-state index contributed by atoms with van der Waals surface area (Å²) in [6.07, 6.45) is 1.46. The maximum Gasteiger partial charge on any atom is 0.124 e. The quantitative estimate of drug-likeness (QED) is 0.784. The molecule has 90 valence electrons. The molecule has 3 rings (SSSR count). The van der Waals surface area contributed by atoms with Crippen LogP contribution in [0.15, 0.2) is 18.2 Å². The van der Waals surface area contributed by atoms with E-state index in [9.17, 15) is 0 Å². The van der Waals surface area contributed by atoms with Crippen molar-refractivity contribution in [3.8, 4) is 0 Å². The van der Waals surface area contributed by atoms with Crippen molar-refractivity contribution in [2.24, 2.45) is 0 Å². The van der Waals surface area contributed by atoms with E-state index in [2.05, 4.69) is 34.7 Å². The minimum Gasteiger partial charge on any atom is -0.376 e. The van der Waals surface area contributed by atoms with Crippen LogP contribution in [0, 0.1) is 6.92 Å². The summed E-state index contributed by atoms with van der Waals surface area (Å²) < 4.78 is 7.68. The van der Waals surface area contributed by atoms with Crippen LogP contribution in [0.3, 0.4) is 0 Å². The van der Waals surface area contributed by atoms with E-state index in [1.165, 1.54) is 5.56 Å². The average Bonchev–Trinajstić information content (AvgIpc) is 2.61. The molecule has 2 heterocycles. The zero-order valence-electron chi connectivity index (χ0n) is 9.82. The molecule has 0 spiro atoms. The molecule has 17 heavy (non-hydrogen) atoms. The van der Waals surface area contributed by atoms with Crippen molar-refractivity contribution in [3.63, 3.8) is 0 Å². The van der Waals surface area contributed by atoms with Gasteiger partial charge in [-0.2, -0.15) is 0 Å². The van der Waals surface area contributed by atoms with Crippen molar-refractivity contribution in [2.45, 2.75) is 31.9 Å². The van der Waals surface area contributed by atoms with E-state index in [-0.39, 0.29) is 0 Å². The van der Waals surface area contributed by atoms with E-state index in [1.807, 2.05) is 0 Å². The molecule has 2 aromatic rings. The summed E-state index contributed by atoms with van der Waals surface area (Å²) in [5, 5.41) is 0. The fourth-order valence-electron chi connectivity index (χ4n) is 2.22. The van der Waals surface area contributed by atoms with Gasteiger partial charge in [-0.3, -0.25) is 0 Å². The summed E-state index contributed by atoms with van der Waals surface area (Å²) >= 11 is 5.96. The molecule has 1 unspecified atom stereocenters. The van der Waals surface area contributed by atoms with Crippen LogP contribution in [0.2, 0.25) is 0 Å². The van der Waals surface area contributed by atoms with E-state index in [0.717, 1.165) is 36.4 Å². The third-order valence-corrected chi connectivity index (χ3v) is 3.52. The van der Waals surface area contributed by atoms with Gasteiger partial charge in [0.1, 0.15) is 5.82 Å². The first kappa shape index (κ1) is 11.1. The van der Waals surface area contributed by atoms with Gasteiger partial charge in [0.2, 0.25) is 0 Å². The summed E-state index contributed by atoms with van der Waals surface area (Å²) in [5.74, 6) is 1.38. The molecule has 0 N–H and O–H groups in total. The molecule has 1 saturated heterocycles. The average molecular weight is 251 g/mol. The highest BCUT2D eigenvalue weighted by molar-refractivity contribution is 6.16. The van der Waals surface area contributed by atoms with Crippen molar-refractivity contribution in [3.05, 3.63) is 29.6 Å². The molecule has 0 saturated carbocycles. The van der Waals surface area contributed by atoms with Crippen LogP contribution in [0.4, 0.5) is 0 Å². The fourth-order valence-corrected chi connectivity index (χ4v) is 2.42. The standard InChI is InChI=1S/C13H15ClN2O/c1-9-2-3-11-12(6-9)16(13(7-14)15-11)8-10-4-5-17-10/h2-3,6,10H,4-5,7-8H2,1H3. The molecule has 0 aliphatic carbocycles. The number of alkyl halides is 1. The minimum absolute atomic E-state index is 0.329. The molecule has 0 radical (unpaired) electrons. The molecule has 1 aliphatic rings. The monoisotopic (exact) mass is 250 g/mol. The van der Waals surface area contributed by atoms with E-state index in [1.54, 1.807) is 0 Å². The number of halogens is 1. The maximum atomic E-state index is 5.96. The van der Waals surface area contributed by atoms with Gasteiger partial charge < -0.3 is 9.30 Å². The van der Waals surface area contributed by atoms with E-state index < -0.39 is 0 Å². The van der Waals surface area contributed by atoms with Crippen molar-refractivity contribution in [1.82, 2.24) is 9.55 Å². The Bertz CT molecular complexity index is 546. The highest BCUT2D eigenvalue weighted by Gasteiger charge is 2.21. The Hall–Kier alpha value is -1.06. The van der Waals surface area contributed by atoms with Crippen LogP contribution in [0.5, 0.6) is 0 Å². The van der Waals surface area contributed by atoms with Gasteiger partial charge in [0, 0.05) is 6.61 Å². The summed E-state index contributed by atoms with van der Waals surface area (Å²) in [5.41, 5.74) is 3.43. The van der Waals surface area contributed by atoms with Gasteiger partial charge in [-0.25, -0.2) is 4.98 Å². The van der Waals surface area contributed by atoms with Crippen LogP contribution in [0.25, 0.3) is 11.0 Å². The maximum absolute atomic E-state index is 5.96. The molecule has 4 heteroatoms. The Balaban J connectivity index is 2.07. The molecule has 0 amide bonds. The zero-order chi connectivity index (χ0) is 11.8. The first-order valence-electron chi connectivity index (χ1n) is 5.91. The predicted molar refractivity (Wildman–Crippen MR) is 68.4 cm³/mol. The van der Waals surface area contributed by atoms with Crippen molar-refractivity contribution in [2.75, 3.05) is 6.61 Å². The second-order valence-electron chi connectivity index (χ2n) is 4.55. The molecule has 3 nitrogen and oxygen atoms in total. The molecule has 0 bridgehead atoms. The Kier molecular flexibility index (Phi) is 2.81. The zero-order valence-corrected chi connectivity index (χ0v) is 10.6. The van der Waals surface area contributed by atoms with Gasteiger partial charge in [0.25, 0.3) is 0 Å². The number of ether oxygens (including phenoxy) is 1. The van der Waals surface area contributed by atoms with Crippen LogP contribution >= 0.6 is 11.6 Å². The number of hydrogen-bond donors (Lipinski definition) is 0. The van der Waals surface area contributed by atoms with Crippen LogP contribution in [-0.2, 0) is 17.2 Å². The lowest BCUT2D eigenvalue weighted by Crippen LogP contribution is -2.31. The summed E-state index contributed by atoms with van der Waals surface area (Å²) in [6.45, 7) is 3.84. The number of aromatic nitrogens is 2. The Morgan fingerprint density at radius 3 is 3.00 bits per heavy atom. The number of aryl methyl sites for hydroxylation is 1. The number of rotatable bonds is 3. The van der Waals surface area contributed by atoms with E-state index >= 15 is 0 Å². The van der Waals surface area contributed by atoms with Gasteiger partial charge in [0.05, 0.1) is 29.6 Å². The molecule has 1 atom stereocenters. The second kappa shape index (κ2) is 4.31. The third-order valence-electron chi connectivity index (χ3n) is 3.28. The van der Waals surface area contributed by atoms with Crippen molar-refractivity contribution >= 4 is 22.6 Å². The number of hydrogen-bond acceptors (Lipinski definition) is 2. The second-order valence-corrected chi connectivity index (χ2v) is 4.81. The van der Waals surface area contributed by atoms with Crippen molar-refractivity contribution in [1.29, 1.82) is 0 Å². The summed E-state index contributed by atoms with van der Waals surface area (Å²) in [4.78, 5) is 4.56. The molecule has 1 aromatic heterocycles. The lowest BCUT2D eigenvalue weighted by molar-refractivity contribution is -0.0589. The normalized spacial score (nSPS) is 19.5. The predicted octanol–water partition coefficient (Wildman–Crippen LogP) is 2.87. The van der Waals surface area contributed by atoms with Gasteiger partial charge in [-0.05, 0) is 31.0 Å². The molecular formula is C13H15ClN2O. The van der Waals surface area contributed by atoms with Gasteiger partial charge >= 0.3 is 0 Å². The van der Waals surface area contributed by atoms with Gasteiger partial charge in [-0.1, -0.05) is 6.07 Å². The summed E-state index contributed by atoms with van der Waals surface area (Å²) in [7, 11) is 0. The van der Waals surface area contributed by atoms with E-state index in [4.69, 9.17) is 16.3 Å². The van der Waals surface area contributed by atoms with Gasteiger partial charge in [-0.15, -0.1) is 11.6 Å². The molecule has 1 aromatic carbocycles. The number of fused-ring (bicyclic) bond motifs is 1. The van der Waals surface area contributed by atoms with Crippen LogP contribution < -0.4 is 0 Å². The van der Waals surface area contributed by atoms with E-state index in [0.29, 0.717) is 12.0 Å². The smallest absolute Gasteiger partial charge is 0.124 e. The van der Waals surface area contributed by atoms with Crippen molar-refractivity contribution < 1.29 is 4.74 Å². The Morgan fingerprint density at radius 2 is 2.35 bits per heavy atom. The third kappa shape index (κ3) is 1.94. The Labute approximate surface area is 105 Å². The topological polar surface area (TPSA) is 27.1 Å². The number of benzene rings is 1.